The van der Waals surface area contributed by atoms with E-state index in [1.54, 1.807) is 6.07 Å². The van der Waals surface area contributed by atoms with Crippen LogP contribution in [0.2, 0.25) is 5.02 Å². The number of aromatic carboxylic acids is 1. The van der Waals surface area contributed by atoms with Crippen LogP contribution in [-0.2, 0) is 4.79 Å². The highest BCUT2D eigenvalue weighted by Gasteiger charge is 2.16. The molecule has 0 saturated heterocycles. The Kier molecular flexibility index (Phi) is 6.45. The summed E-state index contributed by atoms with van der Waals surface area (Å²) in [6.45, 7) is 3.68. The predicted molar refractivity (Wildman–Crippen MR) is 97.8 cm³/mol. The van der Waals surface area contributed by atoms with Crippen molar-refractivity contribution in [1.82, 2.24) is 0 Å². The number of hydrogen-bond donors (Lipinski definition) is 1. The second kappa shape index (κ2) is 8.36. The van der Waals surface area contributed by atoms with E-state index in [0.717, 1.165) is 10.0 Å². The fourth-order valence-corrected chi connectivity index (χ4v) is 2.70. The molecule has 0 aromatic heterocycles. The average molecular weight is 428 g/mol. The Morgan fingerprint density at radius 1 is 1.16 bits per heavy atom. The highest BCUT2D eigenvalue weighted by molar-refractivity contribution is 9.10. The van der Waals surface area contributed by atoms with Crippen molar-refractivity contribution in [2.24, 2.45) is 0 Å². The largest absolute Gasteiger partial charge is 0.482 e. The molecule has 0 saturated carbocycles. The molecule has 0 bridgehead atoms. The summed E-state index contributed by atoms with van der Waals surface area (Å²) < 4.78 is 11.6. The molecule has 2 rings (SSSR count). The van der Waals surface area contributed by atoms with Gasteiger partial charge in [0.05, 0.1) is 0 Å². The van der Waals surface area contributed by atoms with E-state index in [0.29, 0.717) is 5.75 Å². The van der Waals surface area contributed by atoms with E-state index in [-0.39, 0.29) is 28.9 Å². The van der Waals surface area contributed by atoms with Crippen LogP contribution in [0.1, 0.15) is 35.7 Å². The molecule has 2 aromatic rings. The highest BCUT2D eigenvalue weighted by atomic mass is 79.9. The van der Waals surface area contributed by atoms with Gasteiger partial charge in [0.2, 0.25) is 0 Å². The van der Waals surface area contributed by atoms with Crippen molar-refractivity contribution in [2.45, 2.75) is 19.8 Å². The molecule has 0 amide bonds. The van der Waals surface area contributed by atoms with E-state index < -0.39 is 11.9 Å². The molecule has 0 atom stereocenters. The first kappa shape index (κ1) is 19.3. The fourth-order valence-electron chi connectivity index (χ4n) is 2.15. The number of halogens is 2. The van der Waals surface area contributed by atoms with Crippen LogP contribution in [-0.4, -0.2) is 23.7 Å². The lowest BCUT2D eigenvalue weighted by Crippen LogP contribution is -2.19. The number of carbonyl (C=O) groups is 2. The van der Waals surface area contributed by atoms with Gasteiger partial charge in [0.15, 0.2) is 6.61 Å². The standard InChI is InChI=1S/C18H16BrClO5/c1-10(2)13-7-11(19)3-5-15(13)24-9-17(21)25-16-6-4-12(20)8-14(16)18(22)23/h3-8,10H,9H2,1-2H3,(H,22,23). The summed E-state index contributed by atoms with van der Waals surface area (Å²) in [7, 11) is 0. The van der Waals surface area contributed by atoms with Crippen molar-refractivity contribution in [3.05, 3.63) is 57.0 Å². The van der Waals surface area contributed by atoms with E-state index in [1.807, 2.05) is 26.0 Å². The third-order valence-electron chi connectivity index (χ3n) is 3.34. The summed E-state index contributed by atoms with van der Waals surface area (Å²) in [5.41, 5.74) is 0.757. The highest BCUT2D eigenvalue weighted by Crippen LogP contribution is 2.29. The van der Waals surface area contributed by atoms with E-state index in [4.69, 9.17) is 26.2 Å². The van der Waals surface area contributed by atoms with Crippen LogP contribution in [0.25, 0.3) is 0 Å². The minimum atomic E-state index is -1.23. The molecule has 2 aromatic carbocycles. The third kappa shape index (κ3) is 5.21. The Labute approximate surface area is 158 Å². The van der Waals surface area contributed by atoms with Crippen molar-refractivity contribution in [1.29, 1.82) is 0 Å². The summed E-state index contributed by atoms with van der Waals surface area (Å²) in [4.78, 5) is 23.2. The molecule has 5 nitrogen and oxygen atoms in total. The van der Waals surface area contributed by atoms with Crippen LogP contribution in [0.3, 0.4) is 0 Å². The van der Waals surface area contributed by atoms with E-state index in [1.165, 1.54) is 18.2 Å². The summed E-state index contributed by atoms with van der Waals surface area (Å²) in [5, 5.41) is 9.39. The molecule has 0 heterocycles. The second-order valence-electron chi connectivity index (χ2n) is 5.55. The van der Waals surface area contributed by atoms with Crippen molar-refractivity contribution in [3.8, 4) is 11.5 Å². The molecule has 132 valence electrons. The first-order chi connectivity index (χ1) is 11.8. The zero-order valence-electron chi connectivity index (χ0n) is 13.6. The fraction of sp³-hybridized carbons (Fsp3) is 0.222. The van der Waals surface area contributed by atoms with Gasteiger partial charge in [-0.1, -0.05) is 41.4 Å². The van der Waals surface area contributed by atoms with Crippen LogP contribution in [0.4, 0.5) is 0 Å². The molecule has 0 unspecified atom stereocenters. The van der Waals surface area contributed by atoms with Gasteiger partial charge in [-0.05, 0) is 47.9 Å². The quantitative estimate of drug-likeness (QED) is 0.524. The van der Waals surface area contributed by atoms with E-state index in [9.17, 15) is 9.59 Å². The Bertz CT molecular complexity index is 804. The average Bonchev–Trinajstić information content (AvgIpc) is 2.55. The van der Waals surface area contributed by atoms with Gasteiger partial charge >= 0.3 is 11.9 Å². The summed E-state index contributed by atoms with van der Waals surface area (Å²) in [6, 6.07) is 9.50. The number of esters is 1. The molecule has 0 aliphatic rings. The molecule has 7 heteroatoms. The van der Waals surface area contributed by atoms with E-state index >= 15 is 0 Å². The number of rotatable bonds is 6. The molecular weight excluding hydrogens is 412 g/mol. The maximum Gasteiger partial charge on any atom is 0.349 e. The molecule has 0 aliphatic heterocycles. The van der Waals surface area contributed by atoms with Crippen molar-refractivity contribution >= 4 is 39.5 Å². The molecule has 0 fully saturated rings. The van der Waals surface area contributed by atoms with Gasteiger partial charge in [-0.15, -0.1) is 0 Å². The van der Waals surface area contributed by atoms with Gasteiger partial charge in [-0.25, -0.2) is 9.59 Å². The Morgan fingerprint density at radius 3 is 2.48 bits per heavy atom. The molecular formula is C18H16BrClO5. The number of carboxylic acid groups (broad SMARTS) is 1. The molecule has 0 radical (unpaired) electrons. The maximum atomic E-state index is 12.0. The number of carboxylic acids is 1. The third-order valence-corrected chi connectivity index (χ3v) is 4.06. The molecule has 25 heavy (non-hydrogen) atoms. The summed E-state index contributed by atoms with van der Waals surface area (Å²) in [6.07, 6.45) is 0. The lowest BCUT2D eigenvalue weighted by molar-refractivity contribution is -0.136. The smallest absolute Gasteiger partial charge is 0.349 e. The second-order valence-corrected chi connectivity index (χ2v) is 6.90. The number of benzene rings is 2. The summed E-state index contributed by atoms with van der Waals surface area (Å²) in [5.74, 6) is -1.24. The van der Waals surface area contributed by atoms with E-state index in [2.05, 4.69) is 15.9 Å². The first-order valence-corrected chi connectivity index (χ1v) is 8.60. The Hall–Kier alpha value is -2.05. The monoisotopic (exact) mass is 426 g/mol. The maximum absolute atomic E-state index is 12.0. The first-order valence-electron chi connectivity index (χ1n) is 7.43. The molecule has 1 N–H and O–H groups in total. The topological polar surface area (TPSA) is 72.8 Å². The van der Waals surface area contributed by atoms with Crippen LogP contribution < -0.4 is 9.47 Å². The molecule has 0 aliphatic carbocycles. The van der Waals surface area contributed by atoms with Gasteiger partial charge in [-0.3, -0.25) is 0 Å². The van der Waals surface area contributed by atoms with Gasteiger partial charge in [0.1, 0.15) is 17.1 Å². The van der Waals surface area contributed by atoms with Crippen LogP contribution in [0.5, 0.6) is 11.5 Å². The lowest BCUT2D eigenvalue weighted by Gasteiger charge is -2.14. The summed E-state index contributed by atoms with van der Waals surface area (Å²) >= 11 is 9.17. The van der Waals surface area contributed by atoms with Crippen LogP contribution in [0.15, 0.2) is 40.9 Å². The van der Waals surface area contributed by atoms with Gasteiger partial charge in [-0.2, -0.15) is 0 Å². The van der Waals surface area contributed by atoms with Crippen molar-refractivity contribution in [2.75, 3.05) is 6.61 Å². The van der Waals surface area contributed by atoms with Gasteiger partial charge < -0.3 is 14.6 Å². The zero-order chi connectivity index (χ0) is 18.6. The van der Waals surface area contributed by atoms with Gasteiger partial charge in [0, 0.05) is 9.50 Å². The normalized spacial score (nSPS) is 10.6. The van der Waals surface area contributed by atoms with Crippen molar-refractivity contribution < 1.29 is 24.2 Å². The Balaban J connectivity index is 2.09. The van der Waals surface area contributed by atoms with Gasteiger partial charge in [0.25, 0.3) is 0 Å². The Morgan fingerprint density at radius 2 is 1.84 bits per heavy atom. The zero-order valence-corrected chi connectivity index (χ0v) is 15.9. The number of ether oxygens (including phenoxy) is 2. The van der Waals surface area contributed by atoms with Crippen LogP contribution in [0, 0.1) is 0 Å². The number of carbonyl (C=O) groups excluding carboxylic acids is 1. The minimum Gasteiger partial charge on any atom is -0.482 e. The number of hydrogen-bond acceptors (Lipinski definition) is 4. The minimum absolute atomic E-state index is 0.0783. The lowest BCUT2D eigenvalue weighted by atomic mass is 10.0. The predicted octanol–water partition coefficient (Wildman–Crippen LogP) is 4.91. The van der Waals surface area contributed by atoms with Crippen LogP contribution >= 0.6 is 27.5 Å². The SMILES string of the molecule is CC(C)c1cc(Br)ccc1OCC(=O)Oc1ccc(Cl)cc1C(=O)O. The van der Waals surface area contributed by atoms with Crippen molar-refractivity contribution in [3.63, 3.8) is 0 Å². The molecule has 0 spiro atoms.